The Bertz CT molecular complexity index is 2380. The quantitative estimate of drug-likeness (QED) is 0.161. The van der Waals surface area contributed by atoms with Gasteiger partial charge in [-0.2, -0.15) is 0 Å². The molecule has 0 bridgehead atoms. The Morgan fingerprint density at radius 3 is 1.66 bits per heavy atom. The van der Waals surface area contributed by atoms with Crippen LogP contribution in [0.5, 0.6) is 0 Å². The van der Waals surface area contributed by atoms with Gasteiger partial charge in [-0.3, -0.25) is 0 Å². The first-order chi connectivity index (χ1) is 24.3. The van der Waals surface area contributed by atoms with Gasteiger partial charge in [-0.25, -0.2) is 15.0 Å². The predicted molar refractivity (Wildman–Crippen MR) is 194 cm³/mol. The molecule has 50 heavy (non-hydrogen) atoms. The molecule has 0 saturated carbocycles. The summed E-state index contributed by atoms with van der Waals surface area (Å²) in [5.74, 6) is 1.84. The average molecular weight is 822 g/mol. The molecule has 5 aromatic carbocycles. The van der Waals surface area contributed by atoms with E-state index in [1.54, 1.807) is 12.4 Å². The third kappa shape index (κ3) is 6.87. The smallest absolute Gasteiger partial charge is 0.164 e. The Balaban J connectivity index is 0.000000255. The molecule has 0 unspecified atom stereocenters. The summed E-state index contributed by atoms with van der Waals surface area (Å²) < 4.78 is 6.39. The second-order valence-corrected chi connectivity index (χ2v) is 11.2. The minimum atomic E-state index is 0. The van der Waals surface area contributed by atoms with E-state index in [0.29, 0.717) is 17.5 Å². The van der Waals surface area contributed by atoms with Gasteiger partial charge in [0.15, 0.2) is 17.5 Å². The van der Waals surface area contributed by atoms with Gasteiger partial charge in [-0.1, -0.05) is 108 Å². The van der Waals surface area contributed by atoms with Gasteiger partial charge in [-0.05, 0) is 29.6 Å². The number of hydrogen-bond donors (Lipinski definition) is 0. The molecule has 9 aromatic rings. The largest absolute Gasteiger partial charge is 0.501 e. The molecule has 7 heteroatoms. The van der Waals surface area contributed by atoms with E-state index in [0.717, 1.165) is 61.1 Å². The van der Waals surface area contributed by atoms with Gasteiger partial charge in [0, 0.05) is 54.6 Å². The van der Waals surface area contributed by atoms with Gasteiger partial charge in [0.1, 0.15) is 5.58 Å². The molecule has 4 aromatic heterocycles. The number of furan rings is 1. The second-order valence-electron chi connectivity index (χ2n) is 11.2. The normalized spacial score (nSPS) is 10.6. The molecule has 6 nitrogen and oxygen atoms in total. The second kappa shape index (κ2) is 15.0. The van der Waals surface area contributed by atoms with Crippen molar-refractivity contribution in [3.8, 4) is 56.7 Å². The van der Waals surface area contributed by atoms with Crippen LogP contribution in [-0.2, 0) is 20.1 Å². The van der Waals surface area contributed by atoms with Crippen LogP contribution in [0, 0.1) is 12.1 Å². The van der Waals surface area contributed by atoms with E-state index in [-0.39, 0.29) is 20.1 Å². The van der Waals surface area contributed by atoms with Crippen LogP contribution in [0.2, 0.25) is 0 Å². The number of aromatic nitrogens is 5. The topological polar surface area (TPSA) is 77.6 Å². The van der Waals surface area contributed by atoms with Gasteiger partial charge < -0.3 is 14.4 Å². The maximum Gasteiger partial charge on any atom is 0.164 e. The zero-order chi connectivity index (χ0) is 32.8. The van der Waals surface area contributed by atoms with E-state index < -0.39 is 0 Å². The van der Waals surface area contributed by atoms with Crippen molar-refractivity contribution < 1.29 is 24.5 Å². The molecule has 0 fully saturated rings. The first-order valence-corrected chi connectivity index (χ1v) is 15.8. The van der Waals surface area contributed by atoms with Crippen molar-refractivity contribution in [1.29, 1.82) is 0 Å². The molecule has 0 spiro atoms. The van der Waals surface area contributed by atoms with Crippen LogP contribution in [-0.4, -0.2) is 24.9 Å². The predicted octanol–water partition coefficient (Wildman–Crippen LogP) is 10.2. The molecule has 0 atom stereocenters. The van der Waals surface area contributed by atoms with Gasteiger partial charge in [0.2, 0.25) is 0 Å². The van der Waals surface area contributed by atoms with E-state index in [1.807, 2.05) is 146 Å². The third-order valence-electron chi connectivity index (χ3n) is 7.96. The van der Waals surface area contributed by atoms with Crippen molar-refractivity contribution in [3.63, 3.8) is 0 Å². The number of benzene rings is 5. The fraction of sp³-hybridized carbons (Fsp3) is 0. The molecule has 0 amide bonds. The summed E-state index contributed by atoms with van der Waals surface area (Å²) in [5, 5.41) is 2.04. The molecule has 0 saturated heterocycles. The van der Waals surface area contributed by atoms with E-state index in [1.165, 1.54) is 0 Å². The van der Waals surface area contributed by atoms with Crippen LogP contribution in [0.1, 0.15) is 0 Å². The Morgan fingerprint density at radius 2 is 1.06 bits per heavy atom. The first kappa shape index (κ1) is 32.4. The van der Waals surface area contributed by atoms with E-state index in [2.05, 4.69) is 28.2 Å². The minimum absolute atomic E-state index is 0. The van der Waals surface area contributed by atoms with Crippen LogP contribution in [0.3, 0.4) is 0 Å². The molecular weight excluding hydrogens is 795 g/mol. The van der Waals surface area contributed by atoms with Crippen molar-refractivity contribution in [2.24, 2.45) is 0 Å². The SMILES string of the molecule is [Ir].[c-]1ccc2c(oc3cc(-c4nc(-c5ccccc5)nc(-c5ccccc5)n4)ccc32)c1-c1ccccn1.[c-]1ccccc1-c1ccccn1. The first-order valence-electron chi connectivity index (χ1n) is 15.8. The van der Waals surface area contributed by atoms with E-state index in [9.17, 15) is 0 Å². The van der Waals surface area contributed by atoms with Crippen molar-refractivity contribution >= 4 is 21.9 Å². The summed E-state index contributed by atoms with van der Waals surface area (Å²) in [6.07, 6.45) is 3.56. The van der Waals surface area contributed by atoms with Crippen molar-refractivity contribution in [3.05, 3.63) is 176 Å². The maximum absolute atomic E-state index is 6.39. The fourth-order valence-corrected chi connectivity index (χ4v) is 5.59. The van der Waals surface area contributed by atoms with Crippen LogP contribution in [0.25, 0.3) is 78.6 Å². The van der Waals surface area contributed by atoms with Crippen LogP contribution >= 0.6 is 0 Å². The van der Waals surface area contributed by atoms with Gasteiger partial charge in [0.05, 0.1) is 5.58 Å². The van der Waals surface area contributed by atoms with Crippen molar-refractivity contribution in [1.82, 2.24) is 24.9 Å². The van der Waals surface area contributed by atoms with E-state index in [4.69, 9.17) is 19.4 Å². The van der Waals surface area contributed by atoms with Crippen LogP contribution in [0.4, 0.5) is 0 Å². The summed E-state index contributed by atoms with van der Waals surface area (Å²) in [5.41, 5.74) is 7.92. The number of fused-ring (bicyclic) bond motifs is 3. The zero-order valence-electron chi connectivity index (χ0n) is 26.6. The van der Waals surface area contributed by atoms with Crippen molar-refractivity contribution in [2.75, 3.05) is 0 Å². The molecule has 0 aliphatic carbocycles. The molecule has 4 heterocycles. The molecular formula is C43H27IrN5O-2. The van der Waals surface area contributed by atoms with Crippen LogP contribution in [0.15, 0.2) is 168 Å². The van der Waals surface area contributed by atoms with Gasteiger partial charge in [0.25, 0.3) is 0 Å². The number of rotatable bonds is 5. The number of nitrogens with zero attached hydrogens (tertiary/aromatic N) is 5. The summed E-state index contributed by atoms with van der Waals surface area (Å²) in [4.78, 5) is 23.2. The third-order valence-corrected chi connectivity index (χ3v) is 7.96. The van der Waals surface area contributed by atoms with Gasteiger partial charge >= 0.3 is 0 Å². The zero-order valence-corrected chi connectivity index (χ0v) is 29.0. The van der Waals surface area contributed by atoms with E-state index >= 15 is 0 Å². The Morgan fingerprint density at radius 1 is 0.460 bits per heavy atom. The fourth-order valence-electron chi connectivity index (χ4n) is 5.59. The van der Waals surface area contributed by atoms with Crippen molar-refractivity contribution in [2.45, 2.75) is 0 Å². The molecule has 1 radical (unpaired) electrons. The Hall–Kier alpha value is -6.14. The minimum Gasteiger partial charge on any atom is -0.501 e. The monoisotopic (exact) mass is 822 g/mol. The summed E-state index contributed by atoms with van der Waals surface area (Å²) >= 11 is 0. The molecule has 9 rings (SSSR count). The Kier molecular flexibility index (Phi) is 9.69. The number of pyridine rings is 2. The maximum atomic E-state index is 6.39. The molecule has 241 valence electrons. The molecule has 0 aliphatic heterocycles. The average Bonchev–Trinajstić information content (AvgIpc) is 3.58. The van der Waals surface area contributed by atoms with Crippen LogP contribution < -0.4 is 0 Å². The molecule has 0 N–H and O–H groups in total. The summed E-state index contributed by atoms with van der Waals surface area (Å²) in [6, 6.07) is 55.9. The molecule has 0 aliphatic rings. The summed E-state index contributed by atoms with van der Waals surface area (Å²) in [7, 11) is 0. The van der Waals surface area contributed by atoms with Gasteiger partial charge in [-0.15, -0.1) is 54.1 Å². The summed E-state index contributed by atoms with van der Waals surface area (Å²) in [6.45, 7) is 0. The standard InChI is InChI=1S/C32H19N4O.C11H8N.Ir/c1-3-10-21(11-4-1)30-34-31(22-12-5-2-6-13-22)36-32(35-30)23-17-18-24-25-14-9-15-26(27-16-7-8-19-33-27)29(25)37-28(24)20-23;1-2-6-10(7-3-1)11-8-4-5-9-12-11;/h1-14,16-20H;1-6,8-9H;/q2*-1;. The number of hydrogen-bond acceptors (Lipinski definition) is 6. The Labute approximate surface area is 303 Å².